The molecule has 4 rings (SSSR count). The average molecular weight is 599 g/mol. The van der Waals surface area contributed by atoms with E-state index in [-0.39, 0.29) is 42.6 Å². The SMILES string of the molecule is CCOC(=O)CC(OC)c1ccc(O)cc1.COC(CC(=O)O)c1ccc(OC(COc2ccc(F)cc2)C2CC2)cc1. The van der Waals surface area contributed by atoms with Crippen LogP contribution in [-0.2, 0) is 23.8 Å². The summed E-state index contributed by atoms with van der Waals surface area (Å²) in [5, 5.41) is 18.1. The van der Waals surface area contributed by atoms with Crippen LogP contribution in [0.15, 0.2) is 72.8 Å². The van der Waals surface area contributed by atoms with Gasteiger partial charge in [-0.2, -0.15) is 0 Å². The van der Waals surface area contributed by atoms with Crippen LogP contribution in [-0.4, -0.2) is 55.7 Å². The zero-order valence-corrected chi connectivity index (χ0v) is 24.6. The summed E-state index contributed by atoms with van der Waals surface area (Å²) in [5.74, 6) is 0.450. The van der Waals surface area contributed by atoms with Crippen molar-refractivity contribution in [1.29, 1.82) is 0 Å². The molecule has 9 nitrogen and oxygen atoms in total. The van der Waals surface area contributed by atoms with Crippen LogP contribution in [0.5, 0.6) is 17.2 Å². The molecule has 3 atom stereocenters. The first-order valence-electron chi connectivity index (χ1n) is 14.1. The van der Waals surface area contributed by atoms with Crippen LogP contribution in [0, 0.1) is 11.7 Å². The van der Waals surface area contributed by atoms with E-state index in [1.54, 1.807) is 43.3 Å². The molecule has 3 aromatic carbocycles. The number of phenols is 1. The van der Waals surface area contributed by atoms with E-state index in [0.29, 0.717) is 30.6 Å². The van der Waals surface area contributed by atoms with Gasteiger partial charge in [0.15, 0.2) is 0 Å². The maximum absolute atomic E-state index is 13.0. The molecule has 232 valence electrons. The van der Waals surface area contributed by atoms with E-state index in [4.69, 9.17) is 33.9 Å². The van der Waals surface area contributed by atoms with Crippen molar-refractivity contribution in [2.24, 2.45) is 5.92 Å². The number of benzene rings is 3. The molecule has 0 aliphatic heterocycles. The Kier molecular flexibility index (Phi) is 13.3. The molecule has 0 spiro atoms. The molecular weight excluding hydrogens is 559 g/mol. The van der Waals surface area contributed by atoms with Crippen LogP contribution in [0.25, 0.3) is 0 Å². The first kappa shape index (κ1) is 33.4. The molecule has 3 unspecified atom stereocenters. The van der Waals surface area contributed by atoms with Crippen molar-refractivity contribution in [2.45, 2.75) is 50.9 Å². The van der Waals surface area contributed by atoms with Crippen LogP contribution in [0.3, 0.4) is 0 Å². The van der Waals surface area contributed by atoms with E-state index >= 15 is 0 Å². The Morgan fingerprint density at radius 3 is 1.88 bits per heavy atom. The largest absolute Gasteiger partial charge is 0.508 e. The Morgan fingerprint density at radius 1 is 0.837 bits per heavy atom. The van der Waals surface area contributed by atoms with Crippen molar-refractivity contribution >= 4 is 11.9 Å². The second-order valence-electron chi connectivity index (χ2n) is 9.97. The topological polar surface area (TPSA) is 121 Å². The Balaban J connectivity index is 0.000000271. The summed E-state index contributed by atoms with van der Waals surface area (Å²) in [4.78, 5) is 22.2. The summed E-state index contributed by atoms with van der Waals surface area (Å²) in [6, 6.07) is 19.8. The summed E-state index contributed by atoms with van der Waals surface area (Å²) in [6.07, 6.45) is 1.37. The van der Waals surface area contributed by atoms with Crippen molar-refractivity contribution < 1.29 is 47.9 Å². The molecule has 0 bridgehead atoms. The molecule has 0 radical (unpaired) electrons. The highest BCUT2D eigenvalue weighted by atomic mass is 19.1. The molecule has 0 saturated heterocycles. The fraction of sp³-hybridized carbons (Fsp3) is 0.394. The first-order valence-corrected chi connectivity index (χ1v) is 14.1. The van der Waals surface area contributed by atoms with Crippen LogP contribution in [0.4, 0.5) is 4.39 Å². The predicted molar refractivity (Wildman–Crippen MR) is 157 cm³/mol. The van der Waals surface area contributed by atoms with Gasteiger partial charge in [-0.1, -0.05) is 24.3 Å². The fourth-order valence-corrected chi connectivity index (χ4v) is 4.27. The first-order chi connectivity index (χ1) is 20.7. The smallest absolute Gasteiger partial charge is 0.308 e. The van der Waals surface area contributed by atoms with E-state index < -0.39 is 12.1 Å². The molecule has 43 heavy (non-hydrogen) atoms. The number of carboxylic acids is 1. The van der Waals surface area contributed by atoms with E-state index in [1.807, 2.05) is 24.3 Å². The number of phenolic OH excluding ortho intramolecular Hbond substituents is 1. The maximum atomic E-state index is 13.0. The molecule has 1 fully saturated rings. The lowest BCUT2D eigenvalue weighted by molar-refractivity contribution is -0.146. The van der Waals surface area contributed by atoms with Gasteiger partial charge >= 0.3 is 11.9 Å². The molecule has 3 aromatic rings. The van der Waals surface area contributed by atoms with Crippen LogP contribution in [0.2, 0.25) is 0 Å². The summed E-state index contributed by atoms with van der Waals surface area (Å²) in [6.45, 7) is 2.52. The van der Waals surface area contributed by atoms with Gasteiger partial charge in [-0.15, -0.1) is 0 Å². The standard InChI is InChI=1S/C21H23FO5.C12H16O4/c1-25-19(12-21(23)24)14-4-8-18(9-5-14)27-20(15-2-3-15)13-26-17-10-6-16(22)7-11-17;1-3-16-12(14)8-11(15-2)9-4-6-10(13)7-5-9/h4-11,15,19-20H,2-3,12-13H2,1H3,(H,23,24);4-7,11,13H,3,8H2,1-2H3. The second-order valence-corrected chi connectivity index (χ2v) is 9.97. The molecular formula is C33H39FO9. The maximum Gasteiger partial charge on any atom is 0.308 e. The molecule has 0 amide bonds. The molecule has 1 aliphatic rings. The molecule has 10 heteroatoms. The van der Waals surface area contributed by atoms with Crippen molar-refractivity contribution in [1.82, 2.24) is 0 Å². The molecule has 1 saturated carbocycles. The number of carbonyl (C=O) groups excluding carboxylic acids is 1. The number of halogens is 1. The number of ether oxygens (including phenoxy) is 5. The number of aromatic hydroxyl groups is 1. The van der Waals surface area contributed by atoms with Crippen LogP contribution in [0.1, 0.15) is 55.9 Å². The Labute approximate surface area is 251 Å². The van der Waals surface area contributed by atoms with Gasteiger partial charge < -0.3 is 33.9 Å². The number of esters is 1. The van der Waals surface area contributed by atoms with Crippen LogP contribution >= 0.6 is 0 Å². The van der Waals surface area contributed by atoms with Crippen molar-refractivity contribution in [3.63, 3.8) is 0 Å². The second kappa shape index (κ2) is 17.1. The monoisotopic (exact) mass is 598 g/mol. The number of hydrogen-bond acceptors (Lipinski definition) is 8. The number of carboxylic acid groups (broad SMARTS) is 1. The Hall–Kier alpha value is -4.15. The number of aliphatic carboxylic acids is 1. The van der Waals surface area contributed by atoms with Gasteiger partial charge in [0.1, 0.15) is 35.8 Å². The normalized spacial score (nSPS) is 14.4. The highest BCUT2D eigenvalue weighted by Gasteiger charge is 2.33. The third-order valence-electron chi connectivity index (χ3n) is 6.77. The minimum atomic E-state index is -0.908. The van der Waals surface area contributed by atoms with Crippen molar-refractivity contribution in [3.8, 4) is 17.2 Å². The van der Waals surface area contributed by atoms with Gasteiger partial charge in [0.05, 0.1) is 31.7 Å². The van der Waals surface area contributed by atoms with Gasteiger partial charge in [-0.3, -0.25) is 9.59 Å². The number of methoxy groups -OCH3 is 2. The van der Waals surface area contributed by atoms with Gasteiger partial charge in [0, 0.05) is 14.2 Å². The fourth-order valence-electron chi connectivity index (χ4n) is 4.27. The summed E-state index contributed by atoms with van der Waals surface area (Å²) >= 11 is 0. The zero-order valence-electron chi connectivity index (χ0n) is 24.6. The highest BCUT2D eigenvalue weighted by Crippen LogP contribution is 2.35. The third-order valence-corrected chi connectivity index (χ3v) is 6.77. The van der Waals surface area contributed by atoms with E-state index in [9.17, 15) is 14.0 Å². The quantitative estimate of drug-likeness (QED) is 0.195. The number of hydrogen-bond donors (Lipinski definition) is 2. The third kappa shape index (κ3) is 11.6. The number of rotatable bonds is 15. The molecule has 1 aliphatic carbocycles. The van der Waals surface area contributed by atoms with Crippen molar-refractivity contribution in [3.05, 3.63) is 89.7 Å². The molecule has 2 N–H and O–H groups in total. The van der Waals surface area contributed by atoms with Gasteiger partial charge in [-0.25, -0.2) is 4.39 Å². The zero-order chi connectivity index (χ0) is 31.2. The van der Waals surface area contributed by atoms with Crippen molar-refractivity contribution in [2.75, 3.05) is 27.4 Å². The lowest BCUT2D eigenvalue weighted by Gasteiger charge is -2.20. The van der Waals surface area contributed by atoms with E-state index in [1.165, 1.54) is 26.4 Å². The van der Waals surface area contributed by atoms with Gasteiger partial charge in [0.2, 0.25) is 0 Å². The van der Waals surface area contributed by atoms with Gasteiger partial charge in [0.25, 0.3) is 0 Å². The Morgan fingerprint density at radius 2 is 1.37 bits per heavy atom. The lowest BCUT2D eigenvalue weighted by atomic mass is 10.1. The van der Waals surface area contributed by atoms with E-state index in [2.05, 4.69) is 0 Å². The molecule has 0 aromatic heterocycles. The lowest BCUT2D eigenvalue weighted by Crippen LogP contribution is -2.27. The minimum Gasteiger partial charge on any atom is -0.508 e. The van der Waals surface area contributed by atoms with E-state index in [0.717, 1.165) is 24.0 Å². The van der Waals surface area contributed by atoms with Gasteiger partial charge in [-0.05, 0) is 85.3 Å². The average Bonchev–Trinajstić information content (AvgIpc) is 3.85. The number of carbonyl (C=O) groups is 2. The molecule has 0 heterocycles. The summed E-state index contributed by atoms with van der Waals surface area (Å²) < 4.78 is 40.1. The summed E-state index contributed by atoms with van der Waals surface area (Å²) in [7, 11) is 3.03. The highest BCUT2D eigenvalue weighted by molar-refractivity contribution is 5.70. The Bertz CT molecular complexity index is 1260. The minimum absolute atomic E-state index is 0.0851. The predicted octanol–water partition coefficient (Wildman–Crippen LogP) is 6.26. The van der Waals surface area contributed by atoms with Crippen LogP contribution < -0.4 is 9.47 Å². The summed E-state index contributed by atoms with van der Waals surface area (Å²) in [5.41, 5.74) is 1.63.